The molecular weight excluding hydrogens is 294 g/mol. The molecule has 118 valence electrons. The summed E-state index contributed by atoms with van der Waals surface area (Å²) in [7, 11) is -4.00. The third kappa shape index (κ3) is 5.35. The summed E-state index contributed by atoms with van der Waals surface area (Å²) in [6.45, 7) is 7.59. The lowest BCUT2D eigenvalue weighted by Gasteiger charge is -2.14. The van der Waals surface area contributed by atoms with Crippen LogP contribution in [-0.2, 0) is 14.8 Å². The van der Waals surface area contributed by atoms with Gasteiger partial charge in [0.2, 0.25) is 10.0 Å². The fourth-order valence-electron chi connectivity index (χ4n) is 1.53. The molecule has 0 saturated carbocycles. The minimum Gasteiger partial charge on any atom is -0.490 e. The number of rotatable bonds is 6. The molecule has 1 aromatic carbocycles. The number of esters is 1. The topological polar surface area (TPSA) is 95.7 Å². The molecule has 0 unspecified atom stereocenters. The van der Waals surface area contributed by atoms with E-state index in [1.165, 1.54) is 18.2 Å². The second-order valence-corrected chi connectivity index (χ2v) is 6.90. The Morgan fingerprint density at radius 2 is 1.86 bits per heavy atom. The highest BCUT2D eigenvalue weighted by Gasteiger charge is 2.20. The lowest BCUT2D eigenvalue weighted by molar-refractivity contribution is 0.0458. The maximum absolute atomic E-state index is 11.9. The van der Waals surface area contributed by atoms with Crippen LogP contribution in [0, 0.1) is 5.92 Å². The van der Waals surface area contributed by atoms with Crippen molar-refractivity contribution in [1.82, 2.24) is 0 Å². The Morgan fingerprint density at radius 1 is 1.24 bits per heavy atom. The normalized spacial score (nSPS) is 11.8. The summed E-state index contributed by atoms with van der Waals surface area (Å²) in [6, 6.07) is 4.04. The van der Waals surface area contributed by atoms with Gasteiger partial charge in [0.25, 0.3) is 0 Å². The lowest BCUT2D eigenvalue weighted by Crippen LogP contribution is -2.17. The molecule has 0 aliphatic heterocycles. The molecule has 1 aromatic rings. The quantitative estimate of drug-likeness (QED) is 0.809. The first-order valence-corrected chi connectivity index (χ1v) is 8.16. The zero-order valence-corrected chi connectivity index (χ0v) is 13.4. The molecule has 0 aliphatic carbocycles. The van der Waals surface area contributed by atoms with Crippen LogP contribution >= 0.6 is 0 Å². The van der Waals surface area contributed by atoms with Gasteiger partial charge >= 0.3 is 5.97 Å². The molecule has 0 radical (unpaired) electrons. The molecule has 0 amide bonds. The summed E-state index contributed by atoms with van der Waals surface area (Å²) in [5.41, 5.74) is 0.121. The summed E-state index contributed by atoms with van der Waals surface area (Å²) in [6.07, 6.45) is -0.218. The molecule has 7 heteroatoms. The van der Waals surface area contributed by atoms with Crippen LogP contribution in [0.5, 0.6) is 5.75 Å². The Kier molecular flexibility index (Phi) is 5.74. The van der Waals surface area contributed by atoms with E-state index in [1.54, 1.807) is 13.8 Å². The zero-order chi connectivity index (χ0) is 16.2. The molecule has 0 spiro atoms. The van der Waals surface area contributed by atoms with E-state index in [-0.39, 0.29) is 34.8 Å². The molecule has 21 heavy (non-hydrogen) atoms. The molecule has 0 aromatic heterocycles. The van der Waals surface area contributed by atoms with Crippen molar-refractivity contribution in [2.75, 3.05) is 6.61 Å². The van der Waals surface area contributed by atoms with Crippen molar-refractivity contribution in [3.05, 3.63) is 23.8 Å². The number of hydrogen-bond donors (Lipinski definition) is 1. The van der Waals surface area contributed by atoms with Crippen molar-refractivity contribution in [3.63, 3.8) is 0 Å². The first-order valence-electron chi connectivity index (χ1n) is 6.62. The van der Waals surface area contributed by atoms with Gasteiger partial charge in [-0.15, -0.1) is 0 Å². The number of primary sulfonamides is 1. The third-order valence-corrected chi connectivity index (χ3v) is 3.33. The number of nitrogens with two attached hydrogens (primary N) is 1. The van der Waals surface area contributed by atoms with E-state index in [0.717, 1.165) is 0 Å². The van der Waals surface area contributed by atoms with E-state index >= 15 is 0 Å². The Hall–Kier alpha value is -1.60. The molecule has 0 atom stereocenters. The SMILES string of the molecule is CC(C)COC(=O)c1ccc(OC(C)C)c(S(N)(=O)=O)c1. The third-order valence-electron chi connectivity index (χ3n) is 2.40. The van der Waals surface area contributed by atoms with E-state index in [9.17, 15) is 13.2 Å². The maximum atomic E-state index is 11.9. The van der Waals surface area contributed by atoms with E-state index < -0.39 is 16.0 Å². The van der Waals surface area contributed by atoms with Crippen LogP contribution in [0.1, 0.15) is 38.1 Å². The summed E-state index contributed by atoms with van der Waals surface area (Å²) < 4.78 is 33.7. The van der Waals surface area contributed by atoms with Gasteiger partial charge in [0, 0.05) is 0 Å². The van der Waals surface area contributed by atoms with Crippen molar-refractivity contribution in [2.45, 2.75) is 38.7 Å². The second kappa shape index (κ2) is 6.91. The van der Waals surface area contributed by atoms with E-state index in [1.807, 2.05) is 13.8 Å². The predicted octanol–water partition coefficient (Wildman–Crippen LogP) is 1.93. The largest absolute Gasteiger partial charge is 0.490 e. The number of benzene rings is 1. The fraction of sp³-hybridized carbons (Fsp3) is 0.500. The lowest BCUT2D eigenvalue weighted by atomic mass is 10.2. The van der Waals surface area contributed by atoms with E-state index in [4.69, 9.17) is 14.6 Å². The number of sulfonamides is 1. The van der Waals surface area contributed by atoms with Gasteiger partial charge in [0.05, 0.1) is 18.3 Å². The van der Waals surface area contributed by atoms with Crippen LogP contribution in [0.25, 0.3) is 0 Å². The molecule has 0 fully saturated rings. The van der Waals surface area contributed by atoms with Gasteiger partial charge in [-0.25, -0.2) is 18.4 Å². The van der Waals surface area contributed by atoms with Gasteiger partial charge in [0.1, 0.15) is 10.6 Å². The molecule has 0 saturated heterocycles. The van der Waals surface area contributed by atoms with Crippen molar-refractivity contribution < 1.29 is 22.7 Å². The van der Waals surface area contributed by atoms with Gasteiger partial charge in [-0.3, -0.25) is 0 Å². The predicted molar refractivity (Wildman–Crippen MR) is 78.7 cm³/mol. The zero-order valence-electron chi connectivity index (χ0n) is 12.6. The maximum Gasteiger partial charge on any atom is 0.338 e. The monoisotopic (exact) mass is 315 g/mol. The summed E-state index contributed by atoms with van der Waals surface area (Å²) in [5.74, 6) is -0.284. The minimum atomic E-state index is -4.00. The molecule has 0 bridgehead atoms. The van der Waals surface area contributed by atoms with Crippen LogP contribution in [0.2, 0.25) is 0 Å². The summed E-state index contributed by atoms with van der Waals surface area (Å²) in [5, 5.41) is 5.16. The summed E-state index contributed by atoms with van der Waals surface area (Å²) in [4.78, 5) is 11.6. The van der Waals surface area contributed by atoms with Gasteiger partial charge < -0.3 is 9.47 Å². The van der Waals surface area contributed by atoms with E-state index in [2.05, 4.69) is 0 Å². The average molecular weight is 315 g/mol. The minimum absolute atomic E-state index is 0.118. The smallest absolute Gasteiger partial charge is 0.338 e. The summed E-state index contributed by atoms with van der Waals surface area (Å²) >= 11 is 0. The first-order chi connectivity index (χ1) is 9.61. The molecule has 2 N–H and O–H groups in total. The van der Waals surface area contributed by atoms with Crippen LogP contribution in [-0.4, -0.2) is 27.1 Å². The number of ether oxygens (including phenoxy) is 2. The van der Waals surface area contributed by atoms with Crippen molar-refractivity contribution in [3.8, 4) is 5.75 Å². The van der Waals surface area contributed by atoms with Crippen LogP contribution < -0.4 is 9.88 Å². The van der Waals surface area contributed by atoms with Crippen molar-refractivity contribution >= 4 is 16.0 Å². The van der Waals surface area contributed by atoms with Crippen LogP contribution in [0.4, 0.5) is 0 Å². The Bertz CT molecular complexity index is 608. The Morgan fingerprint density at radius 3 is 2.33 bits per heavy atom. The van der Waals surface area contributed by atoms with Crippen molar-refractivity contribution in [2.24, 2.45) is 11.1 Å². The average Bonchev–Trinajstić information content (AvgIpc) is 2.34. The molecule has 6 nitrogen and oxygen atoms in total. The van der Waals surface area contributed by atoms with Gasteiger partial charge in [0.15, 0.2) is 0 Å². The highest BCUT2D eigenvalue weighted by molar-refractivity contribution is 7.89. The van der Waals surface area contributed by atoms with Crippen LogP contribution in [0.15, 0.2) is 23.1 Å². The number of carbonyl (C=O) groups is 1. The number of carbonyl (C=O) groups excluding carboxylic acids is 1. The van der Waals surface area contributed by atoms with Gasteiger partial charge in [-0.05, 0) is 38.0 Å². The Labute approximate surface area is 125 Å². The molecule has 1 rings (SSSR count). The van der Waals surface area contributed by atoms with Crippen LogP contribution in [0.3, 0.4) is 0 Å². The number of hydrogen-bond acceptors (Lipinski definition) is 5. The standard InChI is InChI=1S/C14H21NO5S/c1-9(2)8-19-14(16)11-5-6-12(20-10(3)4)13(7-11)21(15,17)18/h5-7,9-10H,8H2,1-4H3,(H2,15,17,18). The second-order valence-electron chi connectivity index (χ2n) is 5.37. The highest BCUT2D eigenvalue weighted by atomic mass is 32.2. The molecule has 0 heterocycles. The van der Waals surface area contributed by atoms with Crippen molar-refractivity contribution in [1.29, 1.82) is 0 Å². The Balaban J connectivity index is 3.13. The molecular formula is C14H21NO5S. The van der Waals surface area contributed by atoms with Gasteiger partial charge in [-0.2, -0.15) is 0 Å². The van der Waals surface area contributed by atoms with Gasteiger partial charge in [-0.1, -0.05) is 13.8 Å². The highest BCUT2D eigenvalue weighted by Crippen LogP contribution is 2.25. The molecule has 0 aliphatic rings. The van der Waals surface area contributed by atoms with E-state index in [0.29, 0.717) is 0 Å². The fourth-order valence-corrected chi connectivity index (χ4v) is 2.22. The first kappa shape index (κ1) is 17.5.